The number of benzene rings is 1. The standard InChI is InChI=1S/C6H7NO2S.C3H8N2/c7-10(8,9)6-4-2-1-3-5-6;1-2-5-3-4-1/h1-5H,(H2,7,8,9);4-5H,1-3H2. The van der Waals surface area contributed by atoms with E-state index in [1.807, 2.05) is 0 Å². The van der Waals surface area contributed by atoms with Crippen LogP contribution in [0.15, 0.2) is 35.2 Å². The van der Waals surface area contributed by atoms with E-state index in [1.165, 1.54) is 12.1 Å². The Morgan fingerprint density at radius 1 is 1.07 bits per heavy atom. The van der Waals surface area contributed by atoms with E-state index in [0.717, 1.165) is 19.8 Å². The minimum Gasteiger partial charge on any atom is -0.303 e. The summed E-state index contributed by atoms with van der Waals surface area (Å²) in [6, 6.07) is 7.89. The van der Waals surface area contributed by atoms with Crippen molar-refractivity contribution in [3.63, 3.8) is 0 Å². The van der Waals surface area contributed by atoms with Gasteiger partial charge in [-0.15, -0.1) is 0 Å². The molecular formula is C9H15N3O2S. The van der Waals surface area contributed by atoms with E-state index < -0.39 is 10.0 Å². The Morgan fingerprint density at radius 2 is 1.60 bits per heavy atom. The van der Waals surface area contributed by atoms with Crippen LogP contribution < -0.4 is 15.8 Å². The Hall–Kier alpha value is -0.950. The smallest absolute Gasteiger partial charge is 0.238 e. The zero-order valence-corrected chi connectivity index (χ0v) is 9.13. The van der Waals surface area contributed by atoms with Gasteiger partial charge in [0.25, 0.3) is 0 Å². The van der Waals surface area contributed by atoms with Crippen LogP contribution in [-0.2, 0) is 10.0 Å². The van der Waals surface area contributed by atoms with Gasteiger partial charge in [-0.25, -0.2) is 13.6 Å². The molecule has 0 atom stereocenters. The van der Waals surface area contributed by atoms with Crippen LogP contribution in [0.1, 0.15) is 0 Å². The van der Waals surface area contributed by atoms with Gasteiger partial charge in [0.15, 0.2) is 0 Å². The largest absolute Gasteiger partial charge is 0.303 e. The molecule has 1 fully saturated rings. The molecule has 1 aromatic rings. The number of nitrogens with one attached hydrogen (secondary N) is 2. The highest BCUT2D eigenvalue weighted by molar-refractivity contribution is 7.89. The predicted octanol–water partition coefficient (Wildman–Crippen LogP) is -0.529. The van der Waals surface area contributed by atoms with Gasteiger partial charge < -0.3 is 10.6 Å². The Labute approximate surface area is 89.7 Å². The molecule has 1 aromatic carbocycles. The average molecular weight is 229 g/mol. The first-order chi connectivity index (χ1) is 7.11. The van der Waals surface area contributed by atoms with Gasteiger partial charge in [-0.1, -0.05) is 18.2 Å². The second kappa shape index (κ2) is 5.82. The van der Waals surface area contributed by atoms with Crippen LogP contribution in [0.2, 0.25) is 0 Å². The number of hydrogen-bond donors (Lipinski definition) is 3. The lowest BCUT2D eigenvalue weighted by molar-refractivity contribution is 0.598. The third-order valence-electron chi connectivity index (χ3n) is 1.80. The molecule has 4 N–H and O–H groups in total. The van der Waals surface area contributed by atoms with Gasteiger partial charge in [0.2, 0.25) is 10.0 Å². The molecule has 84 valence electrons. The van der Waals surface area contributed by atoms with Crippen molar-refractivity contribution in [1.29, 1.82) is 0 Å². The number of hydrogen-bond acceptors (Lipinski definition) is 4. The molecule has 1 aliphatic heterocycles. The summed E-state index contributed by atoms with van der Waals surface area (Å²) in [6.45, 7) is 3.28. The summed E-state index contributed by atoms with van der Waals surface area (Å²) in [6.07, 6.45) is 0. The highest BCUT2D eigenvalue weighted by atomic mass is 32.2. The molecular weight excluding hydrogens is 214 g/mol. The first-order valence-electron chi connectivity index (χ1n) is 4.60. The topological polar surface area (TPSA) is 84.2 Å². The Bertz CT molecular complexity index is 366. The molecule has 0 saturated carbocycles. The monoisotopic (exact) mass is 229 g/mol. The first-order valence-corrected chi connectivity index (χ1v) is 6.14. The predicted molar refractivity (Wildman–Crippen MR) is 58.7 cm³/mol. The van der Waals surface area contributed by atoms with Crippen molar-refractivity contribution in [2.75, 3.05) is 19.8 Å². The average Bonchev–Trinajstić information content (AvgIpc) is 2.76. The maximum Gasteiger partial charge on any atom is 0.238 e. The van der Waals surface area contributed by atoms with Gasteiger partial charge >= 0.3 is 0 Å². The summed E-state index contributed by atoms with van der Waals surface area (Å²) in [5.74, 6) is 0. The molecule has 1 saturated heterocycles. The number of sulfonamides is 1. The molecule has 1 heterocycles. The van der Waals surface area contributed by atoms with Crippen LogP contribution in [0.4, 0.5) is 0 Å². The van der Waals surface area contributed by atoms with E-state index in [-0.39, 0.29) is 4.90 Å². The second-order valence-electron chi connectivity index (χ2n) is 3.03. The van der Waals surface area contributed by atoms with Crippen LogP contribution >= 0.6 is 0 Å². The maximum absolute atomic E-state index is 10.6. The summed E-state index contributed by atoms with van der Waals surface area (Å²) < 4.78 is 21.2. The molecule has 0 aliphatic carbocycles. The molecule has 15 heavy (non-hydrogen) atoms. The Kier molecular flexibility index (Phi) is 4.70. The van der Waals surface area contributed by atoms with Crippen molar-refractivity contribution < 1.29 is 8.42 Å². The molecule has 0 unspecified atom stereocenters. The van der Waals surface area contributed by atoms with Gasteiger partial charge in [-0.3, -0.25) is 0 Å². The van der Waals surface area contributed by atoms with E-state index in [4.69, 9.17) is 5.14 Å². The number of nitrogens with two attached hydrogens (primary N) is 1. The van der Waals surface area contributed by atoms with Crippen molar-refractivity contribution in [2.45, 2.75) is 4.90 Å². The second-order valence-corrected chi connectivity index (χ2v) is 4.60. The summed E-state index contributed by atoms with van der Waals surface area (Å²) in [7, 11) is -3.50. The van der Waals surface area contributed by atoms with Gasteiger partial charge in [0.1, 0.15) is 0 Å². The van der Waals surface area contributed by atoms with Gasteiger partial charge in [-0.2, -0.15) is 0 Å². The van der Waals surface area contributed by atoms with Crippen molar-refractivity contribution in [2.24, 2.45) is 5.14 Å². The van der Waals surface area contributed by atoms with E-state index in [1.54, 1.807) is 18.2 Å². The van der Waals surface area contributed by atoms with Crippen LogP contribution in [0, 0.1) is 0 Å². The fourth-order valence-electron chi connectivity index (χ4n) is 1.05. The summed E-state index contributed by atoms with van der Waals surface area (Å²) >= 11 is 0. The van der Waals surface area contributed by atoms with E-state index in [9.17, 15) is 8.42 Å². The Balaban J connectivity index is 0.000000187. The van der Waals surface area contributed by atoms with Gasteiger partial charge in [0.05, 0.1) is 4.90 Å². The fraction of sp³-hybridized carbons (Fsp3) is 0.333. The normalized spacial score (nSPS) is 15.5. The van der Waals surface area contributed by atoms with Gasteiger partial charge in [-0.05, 0) is 12.1 Å². The number of primary sulfonamides is 1. The zero-order valence-electron chi connectivity index (χ0n) is 8.31. The SMILES string of the molecule is C1CNCN1.NS(=O)(=O)c1ccccc1. The minimum absolute atomic E-state index is 0.148. The lowest BCUT2D eigenvalue weighted by Gasteiger charge is -1.93. The zero-order chi connectivity index (χ0) is 11.1. The molecule has 0 aromatic heterocycles. The lowest BCUT2D eigenvalue weighted by Crippen LogP contribution is -2.11. The lowest BCUT2D eigenvalue weighted by atomic mass is 10.4. The van der Waals surface area contributed by atoms with Crippen LogP contribution in [0.25, 0.3) is 0 Å². The van der Waals surface area contributed by atoms with E-state index >= 15 is 0 Å². The highest BCUT2D eigenvalue weighted by Crippen LogP contribution is 2.02. The number of rotatable bonds is 1. The highest BCUT2D eigenvalue weighted by Gasteiger charge is 2.03. The molecule has 1 aliphatic rings. The van der Waals surface area contributed by atoms with Gasteiger partial charge in [0, 0.05) is 19.8 Å². The Morgan fingerprint density at radius 3 is 1.87 bits per heavy atom. The maximum atomic E-state index is 10.6. The summed E-state index contributed by atoms with van der Waals surface area (Å²) in [5.41, 5.74) is 0. The summed E-state index contributed by atoms with van der Waals surface area (Å²) in [4.78, 5) is 0.148. The molecule has 2 rings (SSSR count). The van der Waals surface area contributed by atoms with E-state index in [2.05, 4.69) is 10.6 Å². The molecule has 6 heteroatoms. The van der Waals surface area contributed by atoms with Crippen LogP contribution in [-0.4, -0.2) is 28.2 Å². The van der Waals surface area contributed by atoms with Crippen LogP contribution in [0.5, 0.6) is 0 Å². The molecule has 0 radical (unpaired) electrons. The molecule has 0 bridgehead atoms. The quantitative estimate of drug-likeness (QED) is 0.604. The van der Waals surface area contributed by atoms with Crippen LogP contribution in [0.3, 0.4) is 0 Å². The van der Waals surface area contributed by atoms with Crippen molar-refractivity contribution in [3.8, 4) is 0 Å². The third-order valence-corrected chi connectivity index (χ3v) is 2.73. The molecule has 0 spiro atoms. The molecule has 0 amide bonds. The van der Waals surface area contributed by atoms with Crippen molar-refractivity contribution >= 4 is 10.0 Å². The first kappa shape index (κ1) is 12.1. The van der Waals surface area contributed by atoms with E-state index in [0.29, 0.717) is 0 Å². The minimum atomic E-state index is -3.50. The fourth-order valence-corrected chi connectivity index (χ4v) is 1.59. The van der Waals surface area contributed by atoms with Crippen molar-refractivity contribution in [1.82, 2.24) is 10.6 Å². The third kappa shape index (κ3) is 4.89. The van der Waals surface area contributed by atoms with Crippen molar-refractivity contribution in [3.05, 3.63) is 30.3 Å². The summed E-state index contributed by atoms with van der Waals surface area (Å²) in [5, 5.41) is 11.1. The molecule has 5 nitrogen and oxygen atoms in total.